The molecule has 0 spiro atoms. The van der Waals surface area contributed by atoms with Crippen LogP contribution in [0.15, 0.2) is 60.8 Å². The number of nitrogens with zero attached hydrogens (tertiary/aromatic N) is 5. The van der Waals surface area contributed by atoms with E-state index < -0.39 is 0 Å². The van der Waals surface area contributed by atoms with E-state index in [0.29, 0.717) is 5.69 Å². The van der Waals surface area contributed by atoms with Crippen LogP contribution in [-0.4, -0.2) is 45.1 Å². The lowest BCUT2D eigenvalue weighted by Gasteiger charge is -2.24. The summed E-state index contributed by atoms with van der Waals surface area (Å²) < 4.78 is 21.2. The van der Waals surface area contributed by atoms with E-state index in [1.54, 1.807) is 25.4 Å². The van der Waals surface area contributed by atoms with Gasteiger partial charge in [-0.1, -0.05) is 12.1 Å². The van der Waals surface area contributed by atoms with Crippen LogP contribution in [0.1, 0.15) is 23.9 Å². The molecule has 174 valence electrons. The van der Waals surface area contributed by atoms with E-state index in [9.17, 15) is 4.39 Å². The van der Waals surface area contributed by atoms with Crippen molar-refractivity contribution in [1.29, 1.82) is 0 Å². The number of imidazole rings is 1. The minimum atomic E-state index is -0.277. The van der Waals surface area contributed by atoms with Gasteiger partial charge in [0.15, 0.2) is 0 Å². The number of halogens is 1. The molecule has 4 aromatic rings. The molecule has 1 unspecified atom stereocenters. The molecule has 1 aliphatic heterocycles. The van der Waals surface area contributed by atoms with E-state index >= 15 is 0 Å². The van der Waals surface area contributed by atoms with Gasteiger partial charge in [-0.15, -0.1) is 0 Å². The Balaban J connectivity index is 1.49. The molecule has 0 aliphatic carbocycles. The van der Waals surface area contributed by atoms with Crippen LogP contribution in [0.3, 0.4) is 0 Å². The number of hydrogen-bond acceptors (Lipinski definition) is 6. The van der Waals surface area contributed by atoms with Crippen molar-refractivity contribution in [3.63, 3.8) is 0 Å². The van der Waals surface area contributed by atoms with Crippen molar-refractivity contribution in [2.75, 3.05) is 26.4 Å². The highest BCUT2D eigenvalue weighted by molar-refractivity contribution is 5.78. The van der Waals surface area contributed by atoms with Crippen molar-refractivity contribution >= 4 is 5.95 Å². The van der Waals surface area contributed by atoms with Gasteiger partial charge in [0.25, 0.3) is 0 Å². The molecule has 0 amide bonds. The van der Waals surface area contributed by atoms with Gasteiger partial charge < -0.3 is 19.9 Å². The maximum absolute atomic E-state index is 13.6. The minimum absolute atomic E-state index is 0.211. The fourth-order valence-electron chi connectivity index (χ4n) is 4.71. The molecule has 0 saturated carbocycles. The van der Waals surface area contributed by atoms with E-state index in [0.717, 1.165) is 54.5 Å². The Bertz CT molecular complexity index is 1300. The third-order valence-corrected chi connectivity index (χ3v) is 6.19. The zero-order chi connectivity index (χ0) is 23.7. The number of benzene rings is 2. The van der Waals surface area contributed by atoms with Crippen molar-refractivity contribution in [1.82, 2.24) is 24.4 Å². The SMILES string of the molecule is COc1cccc(CN(C)CC2CCc3nc(-c4ccc(F)cc4)c(-c4ccnc(N)n4)n32)c1. The number of likely N-dealkylation sites (N-methyl/N-ethyl adjacent to an activating group) is 1. The molecule has 7 nitrogen and oxygen atoms in total. The van der Waals surface area contributed by atoms with E-state index in [-0.39, 0.29) is 17.8 Å². The summed E-state index contributed by atoms with van der Waals surface area (Å²) >= 11 is 0. The lowest BCUT2D eigenvalue weighted by Crippen LogP contribution is -2.26. The number of nitrogens with two attached hydrogens (primary N) is 1. The number of methoxy groups -OCH3 is 1. The molecule has 1 aliphatic rings. The van der Waals surface area contributed by atoms with Crippen LogP contribution >= 0.6 is 0 Å². The Hall–Kier alpha value is -3.78. The molecule has 3 heterocycles. The summed E-state index contributed by atoms with van der Waals surface area (Å²) in [4.78, 5) is 15.8. The lowest BCUT2D eigenvalue weighted by molar-refractivity contribution is 0.273. The number of aryl methyl sites for hydroxylation is 1. The number of hydrogen-bond donors (Lipinski definition) is 1. The predicted molar refractivity (Wildman–Crippen MR) is 130 cm³/mol. The average Bonchev–Trinajstić information content (AvgIpc) is 3.39. The number of anilines is 1. The number of nitrogen functional groups attached to an aromatic ring is 1. The van der Waals surface area contributed by atoms with Gasteiger partial charge in [-0.25, -0.2) is 19.3 Å². The molecule has 1 atom stereocenters. The summed E-state index contributed by atoms with van der Waals surface area (Å²) in [6.45, 7) is 1.65. The fraction of sp³-hybridized carbons (Fsp3) is 0.269. The van der Waals surface area contributed by atoms with Gasteiger partial charge in [0.2, 0.25) is 5.95 Å². The zero-order valence-corrected chi connectivity index (χ0v) is 19.3. The quantitative estimate of drug-likeness (QED) is 0.443. The molecule has 8 heteroatoms. The van der Waals surface area contributed by atoms with E-state index in [2.05, 4.69) is 38.6 Å². The molecule has 2 N–H and O–H groups in total. The molecule has 5 rings (SSSR count). The van der Waals surface area contributed by atoms with E-state index in [1.165, 1.54) is 17.7 Å². The first-order valence-electron chi connectivity index (χ1n) is 11.3. The summed E-state index contributed by atoms with van der Waals surface area (Å²) in [5.74, 6) is 1.80. The second kappa shape index (κ2) is 9.23. The average molecular weight is 459 g/mol. The summed E-state index contributed by atoms with van der Waals surface area (Å²) in [5, 5.41) is 0. The highest BCUT2D eigenvalue weighted by Crippen LogP contribution is 2.39. The van der Waals surface area contributed by atoms with Crippen molar-refractivity contribution in [3.05, 3.63) is 78.0 Å². The first kappa shape index (κ1) is 22.0. The topological polar surface area (TPSA) is 82.1 Å². The second-order valence-electron chi connectivity index (χ2n) is 8.64. The van der Waals surface area contributed by atoms with Gasteiger partial charge in [-0.2, -0.15) is 0 Å². The van der Waals surface area contributed by atoms with Crippen LogP contribution in [0.4, 0.5) is 10.3 Å². The first-order valence-corrected chi connectivity index (χ1v) is 11.3. The molecule has 0 radical (unpaired) electrons. The van der Waals surface area contributed by atoms with Gasteiger partial charge in [0.1, 0.15) is 17.4 Å². The number of fused-ring (bicyclic) bond motifs is 1. The van der Waals surface area contributed by atoms with Crippen LogP contribution in [0.25, 0.3) is 22.6 Å². The van der Waals surface area contributed by atoms with Gasteiger partial charge in [-0.3, -0.25) is 0 Å². The van der Waals surface area contributed by atoms with Crippen molar-refractivity contribution < 1.29 is 9.13 Å². The Morgan fingerprint density at radius 1 is 1.15 bits per heavy atom. The highest BCUT2D eigenvalue weighted by Gasteiger charge is 2.31. The molecule has 0 saturated heterocycles. The highest BCUT2D eigenvalue weighted by atomic mass is 19.1. The first-order chi connectivity index (χ1) is 16.5. The Morgan fingerprint density at radius 2 is 1.97 bits per heavy atom. The summed E-state index contributed by atoms with van der Waals surface area (Å²) in [7, 11) is 3.81. The number of ether oxygens (including phenoxy) is 1. The molecule has 0 fully saturated rings. The molecule has 34 heavy (non-hydrogen) atoms. The predicted octanol–water partition coefficient (Wildman–Crippen LogP) is 4.36. The summed E-state index contributed by atoms with van der Waals surface area (Å²) in [5.41, 5.74) is 10.4. The maximum atomic E-state index is 13.6. The summed E-state index contributed by atoms with van der Waals surface area (Å²) in [6.07, 6.45) is 3.51. The normalized spacial score (nSPS) is 15.0. The molecular formula is C26H27FN6O. The molecular weight excluding hydrogens is 431 g/mol. The van der Waals surface area contributed by atoms with Crippen molar-refractivity contribution in [2.45, 2.75) is 25.4 Å². The van der Waals surface area contributed by atoms with Crippen molar-refractivity contribution in [3.8, 4) is 28.4 Å². The van der Waals surface area contributed by atoms with Gasteiger partial charge in [0.05, 0.1) is 24.2 Å². The van der Waals surface area contributed by atoms with E-state index in [1.807, 2.05) is 18.2 Å². The minimum Gasteiger partial charge on any atom is -0.497 e. The lowest BCUT2D eigenvalue weighted by atomic mass is 10.1. The zero-order valence-electron chi connectivity index (χ0n) is 19.3. The second-order valence-corrected chi connectivity index (χ2v) is 8.64. The fourth-order valence-corrected chi connectivity index (χ4v) is 4.71. The third kappa shape index (κ3) is 4.36. The van der Waals surface area contributed by atoms with E-state index in [4.69, 9.17) is 15.5 Å². The van der Waals surface area contributed by atoms with Gasteiger partial charge in [0, 0.05) is 37.3 Å². The largest absolute Gasteiger partial charge is 0.497 e. The maximum Gasteiger partial charge on any atom is 0.220 e. The smallest absolute Gasteiger partial charge is 0.220 e. The summed E-state index contributed by atoms with van der Waals surface area (Å²) in [6, 6.07) is 16.6. The van der Waals surface area contributed by atoms with Crippen LogP contribution in [0.5, 0.6) is 5.75 Å². The van der Waals surface area contributed by atoms with Crippen LogP contribution in [-0.2, 0) is 13.0 Å². The molecule has 2 aromatic carbocycles. The standard InChI is InChI=1S/C26H27FN6O/c1-32(15-17-4-3-5-21(14-17)34-2)16-20-10-11-23-31-24(18-6-8-19(27)9-7-18)25(33(20)23)22-12-13-29-26(28)30-22/h3-9,12-14,20H,10-11,15-16H2,1-2H3,(H2,28,29,30). The Kier molecular flexibility index (Phi) is 5.98. The van der Waals surface area contributed by atoms with Gasteiger partial charge in [-0.05, 0) is 61.5 Å². The monoisotopic (exact) mass is 458 g/mol. The number of rotatable bonds is 7. The molecule has 2 aromatic heterocycles. The number of aromatic nitrogens is 4. The van der Waals surface area contributed by atoms with Crippen LogP contribution < -0.4 is 10.5 Å². The van der Waals surface area contributed by atoms with Crippen LogP contribution in [0, 0.1) is 5.82 Å². The van der Waals surface area contributed by atoms with Crippen LogP contribution in [0.2, 0.25) is 0 Å². The molecule has 0 bridgehead atoms. The van der Waals surface area contributed by atoms with Crippen molar-refractivity contribution in [2.24, 2.45) is 0 Å². The Morgan fingerprint density at radius 3 is 2.74 bits per heavy atom. The Labute approximate surface area is 198 Å². The third-order valence-electron chi connectivity index (χ3n) is 6.19. The van der Waals surface area contributed by atoms with Gasteiger partial charge >= 0.3 is 0 Å².